The molecule has 0 atom stereocenters. The van der Waals surface area contributed by atoms with Gasteiger partial charge in [0.2, 0.25) is 0 Å². The van der Waals surface area contributed by atoms with Crippen LogP contribution >= 0.6 is 0 Å². The first kappa shape index (κ1) is 11.4. The normalized spacial score (nSPS) is 10.7. The van der Waals surface area contributed by atoms with E-state index in [0.29, 0.717) is 23.3 Å². The van der Waals surface area contributed by atoms with E-state index in [0.717, 1.165) is 6.42 Å². The lowest BCUT2D eigenvalue weighted by Crippen LogP contribution is -2.17. The number of aromatic nitrogens is 2. The summed E-state index contributed by atoms with van der Waals surface area (Å²) in [6, 6.07) is 2.90. The molecule has 0 radical (unpaired) electrons. The zero-order valence-corrected chi connectivity index (χ0v) is 9.80. The van der Waals surface area contributed by atoms with E-state index in [4.69, 9.17) is 4.74 Å². The van der Waals surface area contributed by atoms with Crippen LogP contribution in [0.4, 0.5) is 0 Å². The van der Waals surface area contributed by atoms with Crippen LogP contribution in [0, 0.1) is 0 Å². The van der Waals surface area contributed by atoms with Crippen molar-refractivity contribution in [3.05, 3.63) is 28.8 Å². The summed E-state index contributed by atoms with van der Waals surface area (Å²) in [6.07, 6.45) is 2.26. The molecule has 90 valence electrons. The molecular weight excluding hydrogens is 220 g/mol. The van der Waals surface area contributed by atoms with Gasteiger partial charge in [-0.05, 0) is 6.42 Å². The molecule has 5 heteroatoms. The molecule has 2 rings (SSSR count). The maximum atomic E-state index is 12.0. The number of benzene rings is 1. The fourth-order valence-electron chi connectivity index (χ4n) is 1.61. The number of phenolic OH excluding ortho intramolecular Hbond substituents is 1. The molecule has 0 bridgehead atoms. The molecule has 0 aliphatic rings. The molecule has 5 nitrogen and oxygen atoms in total. The maximum absolute atomic E-state index is 12.0. The van der Waals surface area contributed by atoms with Crippen LogP contribution in [-0.2, 0) is 7.05 Å². The van der Waals surface area contributed by atoms with Gasteiger partial charge in [-0.3, -0.25) is 4.79 Å². The highest BCUT2D eigenvalue weighted by Crippen LogP contribution is 2.27. The van der Waals surface area contributed by atoms with Gasteiger partial charge in [0.05, 0.1) is 18.5 Å². The molecule has 0 saturated heterocycles. The minimum Gasteiger partial charge on any atom is -0.508 e. The van der Waals surface area contributed by atoms with Crippen molar-refractivity contribution in [2.45, 2.75) is 13.3 Å². The molecule has 0 amide bonds. The van der Waals surface area contributed by atoms with Gasteiger partial charge < -0.3 is 14.4 Å². The zero-order chi connectivity index (χ0) is 12.4. The van der Waals surface area contributed by atoms with Crippen LogP contribution in [-0.4, -0.2) is 21.3 Å². The Morgan fingerprint density at radius 1 is 1.47 bits per heavy atom. The lowest BCUT2D eigenvalue weighted by atomic mass is 10.2. The molecule has 0 spiro atoms. The summed E-state index contributed by atoms with van der Waals surface area (Å²) >= 11 is 0. The molecule has 0 unspecified atom stereocenters. The molecule has 1 heterocycles. The molecule has 1 N–H and O–H groups in total. The quantitative estimate of drug-likeness (QED) is 0.872. The number of hydrogen-bond acceptors (Lipinski definition) is 4. The van der Waals surface area contributed by atoms with Gasteiger partial charge in [0.25, 0.3) is 5.56 Å². The Labute approximate surface area is 98.3 Å². The molecule has 1 aromatic carbocycles. The van der Waals surface area contributed by atoms with Crippen molar-refractivity contribution in [1.82, 2.24) is 9.55 Å². The summed E-state index contributed by atoms with van der Waals surface area (Å²) in [5.74, 6) is 0.430. The van der Waals surface area contributed by atoms with Crippen molar-refractivity contribution in [2.24, 2.45) is 7.05 Å². The van der Waals surface area contributed by atoms with E-state index in [-0.39, 0.29) is 11.3 Å². The Hall–Kier alpha value is -2.04. The second kappa shape index (κ2) is 4.45. The summed E-state index contributed by atoms with van der Waals surface area (Å²) in [4.78, 5) is 16.1. The summed E-state index contributed by atoms with van der Waals surface area (Å²) in [5, 5.41) is 9.95. The van der Waals surface area contributed by atoms with Crippen LogP contribution in [0.3, 0.4) is 0 Å². The van der Waals surface area contributed by atoms with E-state index >= 15 is 0 Å². The molecule has 0 fully saturated rings. The average molecular weight is 234 g/mol. The summed E-state index contributed by atoms with van der Waals surface area (Å²) in [5.41, 5.74) is 0.264. The third kappa shape index (κ3) is 2.08. The summed E-state index contributed by atoms with van der Waals surface area (Å²) in [6.45, 7) is 2.47. The SMILES string of the molecule is CCCOc1cc(O)cc2ncn(C)c(=O)c12. The lowest BCUT2D eigenvalue weighted by Gasteiger charge is -2.09. The van der Waals surface area contributed by atoms with E-state index in [1.165, 1.54) is 23.0 Å². The minimum atomic E-state index is -0.180. The molecule has 0 aliphatic carbocycles. The van der Waals surface area contributed by atoms with Gasteiger partial charge in [0.15, 0.2) is 0 Å². The average Bonchev–Trinajstić information content (AvgIpc) is 2.30. The number of hydrogen-bond donors (Lipinski definition) is 1. The summed E-state index contributed by atoms with van der Waals surface area (Å²) < 4.78 is 6.86. The number of phenols is 1. The molecule has 0 aliphatic heterocycles. The predicted molar refractivity (Wildman–Crippen MR) is 64.4 cm³/mol. The van der Waals surface area contributed by atoms with Gasteiger partial charge in [-0.15, -0.1) is 0 Å². The van der Waals surface area contributed by atoms with Gasteiger partial charge in [0.1, 0.15) is 16.9 Å². The van der Waals surface area contributed by atoms with Crippen molar-refractivity contribution in [3.8, 4) is 11.5 Å². The van der Waals surface area contributed by atoms with Crippen LogP contribution in [0.15, 0.2) is 23.3 Å². The first-order chi connectivity index (χ1) is 8.13. The monoisotopic (exact) mass is 234 g/mol. The Morgan fingerprint density at radius 2 is 2.24 bits per heavy atom. The highest BCUT2D eigenvalue weighted by molar-refractivity contribution is 5.85. The lowest BCUT2D eigenvalue weighted by molar-refractivity contribution is 0.319. The topological polar surface area (TPSA) is 64.3 Å². The number of aromatic hydroxyl groups is 1. The molecule has 2 aromatic rings. The Morgan fingerprint density at radius 3 is 2.94 bits per heavy atom. The van der Waals surface area contributed by atoms with Gasteiger partial charge in [-0.1, -0.05) is 6.92 Å². The second-order valence-electron chi connectivity index (χ2n) is 3.85. The largest absolute Gasteiger partial charge is 0.508 e. The van der Waals surface area contributed by atoms with E-state index in [9.17, 15) is 9.90 Å². The van der Waals surface area contributed by atoms with Crippen LogP contribution in [0.1, 0.15) is 13.3 Å². The third-order valence-corrected chi connectivity index (χ3v) is 2.43. The van der Waals surface area contributed by atoms with Crippen molar-refractivity contribution in [2.75, 3.05) is 6.61 Å². The van der Waals surface area contributed by atoms with E-state index in [2.05, 4.69) is 4.98 Å². The Kier molecular flexibility index (Phi) is 2.99. The van der Waals surface area contributed by atoms with Crippen molar-refractivity contribution in [1.29, 1.82) is 0 Å². The van der Waals surface area contributed by atoms with Gasteiger partial charge in [-0.25, -0.2) is 4.98 Å². The fraction of sp³-hybridized carbons (Fsp3) is 0.333. The second-order valence-corrected chi connectivity index (χ2v) is 3.85. The van der Waals surface area contributed by atoms with Crippen LogP contribution in [0.5, 0.6) is 11.5 Å². The standard InChI is InChI=1S/C12H14N2O3/c1-3-4-17-10-6-8(15)5-9-11(10)12(16)14(2)7-13-9/h5-7,15H,3-4H2,1-2H3. The predicted octanol–water partition coefficient (Wildman–Crippen LogP) is 1.43. The van der Waals surface area contributed by atoms with Crippen molar-refractivity contribution in [3.63, 3.8) is 0 Å². The van der Waals surface area contributed by atoms with E-state index in [1.54, 1.807) is 7.05 Å². The van der Waals surface area contributed by atoms with Crippen LogP contribution in [0.25, 0.3) is 10.9 Å². The number of rotatable bonds is 3. The van der Waals surface area contributed by atoms with Gasteiger partial charge >= 0.3 is 0 Å². The van der Waals surface area contributed by atoms with Crippen LogP contribution < -0.4 is 10.3 Å². The number of nitrogens with zero attached hydrogens (tertiary/aromatic N) is 2. The van der Waals surface area contributed by atoms with Gasteiger partial charge in [-0.2, -0.15) is 0 Å². The first-order valence-electron chi connectivity index (χ1n) is 5.44. The Bertz CT molecular complexity index is 604. The third-order valence-electron chi connectivity index (χ3n) is 2.43. The van der Waals surface area contributed by atoms with Crippen LogP contribution in [0.2, 0.25) is 0 Å². The minimum absolute atomic E-state index is 0.0457. The maximum Gasteiger partial charge on any atom is 0.264 e. The highest BCUT2D eigenvalue weighted by atomic mass is 16.5. The zero-order valence-electron chi connectivity index (χ0n) is 9.80. The van der Waals surface area contributed by atoms with E-state index < -0.39 is 0 Å². The van der Waals surface area contributed by atoms with E-state index in [1.807, 2.05) is 6.92 Å². The first-order valence-corrected chi connectivity index (χ1v) is 5.44. The fourth-order valence-corrected chi connectivity index (χ4v) is 1.61. The smallest absolute Gasteiger partial charge is 0.264 e. The summed E-state index contributed by atoms with van der Waals surface area (Å²) in [7, 11) is 1.63. The number of aryl methyl sites for hydroxylation is 1. The molecule has 1 aromatic heterocycles. The highest BCUT2D eigenvalue weighted by Gasteiger charge is 2.10. The van der Waals surface area contributed by atoms with Crippen molar-refractivity contribution < 1.29 is 9.84 Å². The Balaban J connectivity index is 2.71. The van der Waals surface area contributed by atoms with Gasteiger partial charge in [0, 0.05) is 19.2 Å². The molecule has 0 saturated carbocycles. The molecular formula is C12H14N2O3. The van der Waals surface area contributed by atoms with Crippen molar-refractivity contribution >= 4 is 10.9 Å². The number of fused-ring (bicyclic) bond motifs is 1. The molecule has 17 heavy (non-hydrogen) atoms. The number of ether oxygens (including phenoxy) is 1.